The summed E-state index contributed by atoms with van der Waals surface area (Å²) in [4.78, 5) is 26.0. The van der Waals surface area contributed by atoms with Crippen LogP contribution in [0.15, 0.2) is 103 Å². The molecule has 0 fully saturated rings. The van der Waals surface area contributed by atoms with Gasteiger partial charge in [-0.15, -0.1) is 0 Å². The first-order valence-corrected chi connectivity index (χ1v) is 14.7. The Hall–Kier alpha value is -5.57. The Morgan fingerprint density at radius 1 is 0.778 bits per heavy atom. The second-order valence-electron chi connectivity index (χ2n) is 11.1. The van der Waals surface area contributed by atoms with Gasteiger partial charge in [0.2, 0.25) is 0 Å². The molecule has 0 bridgehead atoms. The number of aromatic carboxylic acids is 1. The van der Waals surface area contributed by atoms with Crippen molar-refractivity contribution in [1.29, 1.82) is 0 Å². The fourth-order valence-corrected chi connectivity index (χ4v) is 4.53. The molecule has 0 unspecified atom stereocenters. The van der Waals surface area contributed by atoms with Crippen LogP contribution in [0.4, 0.5) is 5.69 Å². The molecule has 0 spiro atoms. The summed E-state index contributed by atoms with van der Waals surface area (Å²) in [6.07, 6.45) is -0.0198. The smallest absolute Gasteiger partial charge is 0.358 e. The number of hydrogen-bond acceptors (Lipinski definition) is 6. The van der Waals surface area contributed by atoms with Crippen molar-refractivity contribution in [2.75, 3.05) is 11.9 Å². The van der Waals surface area contributed by atoms with Crippen LogP contribution in [0.2, 0.25) is 0 Å². The molecule has 45 heavy (non-hydrogen) atoms. The SMILES string of the molecule is CC(C)COc1ccc(C(=O)Nc2c(C(=O)O)nn(-c3ccc(Oc4ccccc4)cc3)c2-c2ccc(OC(C)C)cc2)cc1. The summed E-state index contributed by atoms with van der Waals surface area (Å²) in [5.74, 6) is 1.17. The van der Waals surface area contributed by atoms with Crippen molar-refractivity contribution in [1.82, 2.24) is 9.78 Å². The van der Waals surface area contributed by atoms with Crippen LogP contribution in [0.5, 0.6) is 23.0 Å². The lowest BCUT2D eigenvalue weighted by Gasteiger charge is -2.14. The van der Waals surface area contributed by atoms with Gasteiger partial charge in [-0.05, 0) is 105 Å². The average Bonchev–Trinajstić information content (AvgIpc) is 3.40. The van der Waals surface area contributed by atoms with E-state index in [-0.39, 0.29) is 17.5 Å². The predicted octanol–water partition coefficient (Wildman–Crippen LogP) is 8.10. The van der Waals surface area contributed by atoms with Gasteiger partial charge in [-0.2, -0.15) is 5.10 Å². The number of rotatable bonds is 12. The summed E-state index contributed by atoms with van der Waals surface area (Å²) < 4.78 is 19.0. The number of amides is 1. The molecule has 0 atom stereocenters. The van der Waals surface area contributed by atoms with E-state index in [0.29, 0.717) is 58.0 Å². The Bertz CT molecular complexity index is 1740. The molecule has 1 aromatic heterocycles. The highest BCUT2D eigenvalue weighted by atomic mass is 16.5. The lowest BCUT2D eigenvalue weighted by Crippen LogP contribution is -2.15. The maximum atomic E-state index is 13.5. The molecule has 0 radical (unpaired) electrons. The molecule has 5 rings (SSSR count). The molecule has 0 aliphatic carbocycles. The number of carboxylic acids is 1. The van der Waals surface area contributed by atoms with Crippen molar-refractivity contribution in [3.05, 3.63) is 114 Å². The topological polar surface area (TPSA) is 112 Å². The molecule has 5 aromatic rings. The summed E-state index contributed by atoms with van der Waals surface area (Å²) in [5.41, 5.74) is 1.69. The van der Waals surface area contributed by atoms with Crippen molar-refractivity contribution in [3.8, 4) is 39.9 Å². The van der Waals surface area contributed by atoms with Crippen LogP contribution in [0.25, 0.3) is 16.9 Å². The highest BCUT2D eigenvalue weighted by molar-refractivity contribution is 6.10. The lowest BCUT2D eigenvalue weighted by molar-refractivity contribution is 0.0691. The van der Waals surface area contributed by atoms with E-state index in [1.54, 1.807) is 72.8 Å². The van der Waals surface area contributed by atoms with Crippen LogP contribution < -0.4 is 19.5 Å². The lowest BCUT2D eigenvalue weighted by atomic mass is 10.1. The Morgan fingerprint density at radius 3 is 1.98 bits per heavy atom. The number of carbonyl (C=O) groups is 2. The molecule has 1 amide bonds. The second kappa shape index (κ2) is 13.8. The van der Waals surface area contributed by atoms with E-state index in [2.05, 4.69) is 24.3 Å². The zero-order chi connectivity index (χ0) is 31.9. The van der Waals surface area contributed by atoms with Gasteiger partial charge in [0.1, 0.15) is 28.7 Å². The summed E-state index contributed by atoms with van der Waals surface area (Å²) in [6, 6.07) is 30.4. The number of para-hydroxylation sites is 1. The first-order chi connectivity index (χ1) is 21.7. The summed E-state index contributed by atoms with van der Waals surface area (Å²) in [7, 11) is 0. The van der Waals surface area contributed by atoms with Crippen LogP contribution in [0.1, 0.15) is 48.5 Å². The van der Waals surface area contributed by atoms with Crippen LogP contribution in [0.3, 0.4) is 0 Å². The molecule has 230 valence electrons. The van der Waals surface area contributed by atoms with Crippen LogP contribution in [-0.4, -0.2) is 39.5 Å². The highest BCUT2D eigenvalue weighted by Gasteiger charge is 2.27. The maximum absolute atomic E-state index is 13.5. The van der Waals surface area contributed by atoms with Crippen LogP contribution >= 0.6 is 0 Å². The minimum Gasteiger partial charge on any atom is -0.493 e. The van der Waals surface area contributed by atoms with Crippen molar-refractivity contribution < 1.29 is 28.9 Å². The van der Waals surface area contributed by atoms with E-state index in [1.807, 2.05) is 44.2 Å². The predicted molar refractivity (Wildman–Crippen MR) is 173 cm³/mol. The van der Waals surface area contributed by atoms with Gasteiger partial charge in [0.15, 0.2) is 5.69 Å². The quantitative estimate of drug-likeness (QED) is 0.148. The molecule has 4 aromatic carbocycles. The minimum atomic E-state index is -1.29. The van der Waals surface area contributed by atoms with E-state index in [1.165, 1.54) is 4.68 Å². The zero-order valence-electron chi connectivity index (χ0n) is 25.6. The van der Waals surface area contributed by atoms with Gasteiger partial charge in [0.25, 0.3) is 5.91 Å². The standard InChI is InChI=1S/C36H35N3O6/c1-23(2)22-43-28-16-12-26(13-17-28)35(40)37-32-33(36(41)42)38-39(34(32)25-10-18-30(19-11-25)44-24(3)4)27-14-20-31(21-15-27)45-29-8-6-5-7-9-29/h5-21,23-24H,22H2,1-4H3,(H,37,40)(H,41,42). The molecule has 0 aliphatic heterocycles. The van der Waals surface area contributed by atoms with Gasteiger partial charge in [0.05, 0.1) is 24.1 Å². The Kier molecular flexibility index (Phi) is 9.48. The van der Waals surface area contributed by atoms with Gasteiger partial charge >= 0.3 is 5.97 Å². The number of benzene rings is 4. The highest BCUT2D eigenvalue weighted by Crippen LogP contribution is 2.36. The molecule has 9 nitrogen and oxygen atoms in total. The monoisotopic (exact) mass is 605 g/mol. The van der Waals surface area contributed by atoms with Crippen molar-refractivity contribution in [2.45, 2.75) is 33.8 Å². The third-order valence-electron chi connectivity index (χ3n) is 6.59. The van der Waals surface area contributed by atoms with Gasteiger partial charge in [0, 0.05) is 11.1 Å². The molecule has 2 N–H and O–H groups in total. The van der Waals surface area contributed by atoms with E-state index in [4.69, 9.17) is 14.2 Å². The van der Waals surface area contributed by atoms with E-state index in [9.17, 15) is 14.7 Å². The average molecular weight is 606 g/mol. The number of nitrogens with one attached hydrogen (secondary N) is 1. The maximum Gasteiger partial charge on any atom is 0.358 e. The first-order valence-electron chi connectivity index (χ1n) is 14.7. The molecular formula is C36H35N3O6. The molecule has 1 heterocycles. The fraction of sp³-hybridized carbons (Fsp3) is 0.194. The molecule has 0 aliphatic rings. The van der Waals surface area contributed by atoms with E-state index < -0.39 is 11.9 Å². The molecule has 0 saturated heterocycles. The number of nitrogens with zero attached hydrogens (tertiary/aromatic N) is 2. The molecular weight excluding hydrogens is 570 g/mol. The Labute approximate surface area is 262 Å². The first kappa shape index (κ1) is 30.9. The molecule has 0 saturated carbocycles. The second-order valence-corrected chi connectivity index (χ2v) is 11.1. The van der Waals surface area contributed by atoms with Crippen molar-refractivity contribution in [2.24, 2.45) is 5.92 Å². The van der Waals surface area contributed by atoms with Gasteiger partial charge in [-0.3, -0.25) is 4.79 Å². The van der Waals surface area contributed by atoms with Gasteiger partial charge in [-0.25, -0.2) is 9.48 Å². The molecule has 9 heteroatoms. The number of hydrogen-bond donors (Lipinski definition) is 2. The van der Waals surface area contributed by atoms with E-state index in [0.717, 1.165) is 0 Å². The summed E-state index contributed by atoms with van der Waals surface area (Å²) >= 11 is 0. The fourth-order valence-electron chi connectivity index (χ4n) is 4.53. The summed E-state index contributed by atoms with van der Waals surface area (Å²) in [6.45, 7) is 8.53. The summed E-state index contributed by atoms with van der Waals surface area (Å²) in [5, 5.41) is 17.5. The van der Waals surface area contributed by atoms with Gasteiger partial charge < -0.3 is 24.6 Å². The Balaban J connectivity index is 1.53. The zero-order valence-corrected chi connectivity index (χ0v) is 25.6. The largest absolute Gasteiger partial charge is 0.493 e. The third kappa shape index (κ3) is 7.69. The number of carbonyl (C=O) groups excluding carboxylic acids is 1. The Morgan fingerprint density at radius 2 is 1.38 bits per heavy atom. The third-order valence-corrected chi connectivity index (χ3v) is 6.59. The van der Waals surface area contributed by atoms with E-state index >= 15 is 0 Å². The minimum absolute atomic E-state index is 0.0198. The number of aromatic nitrogens is 2. The van der Waals surface area contributed by atoms with Crippen molar-refractivity contribution in [3.63, 3.8) is 0 Å². The number of anilines is 1. The van der Waals surface area contributed by atoms with Gasteiger partial charge in [-0.1, -0.05) is 32.0 Å². The normalized spacial score (nSPS) is 11.0. The van der Waals surface area contributed by atoms with Crippen molar-refractivity contribution >= 4 is 17.6 Å². The van der Waals surface area contributed by atoms with Crippen LogP contribution in [0, 0.1) is 5.92 Å². The number of ether oxygens (including phenoxy) is 3. The van der Waals surface area contributed by atoms with Crippen LogP contribution in [-0.2, 0) is 0 Å². The number of carboxylic acid groups (broad SMARTS) is 1.